The lowest BCUT2D eigenvalue weighted by Gasteiger charge is -2.21. The molecule has 1 aromatic rings. The molecule has 1 amide bonds. The van der Waals surface area contributed by atoms with Crippen molar-refractivity contribution in [3.05, 3.63) is 34.9 Å². The van der Waals surface area contributed by atoms with Crippen LogP contribution in [0.25, 0.3) is 0 Å². The van der Waals surface area contributed by atoms with Crippen LogP contribution in [0, 0.1) is 18.8 Å². The molecule has 3 heteroatoms. The first-order valence-electron chi connectivity index (χ1n) is 7.13. The van der Waals surface area contributed by atoms with Crippen LogP contribution < -0.4 is 0 Å². The van der Waals surface area contributed by atoms with E-state index in [1.165, 1.54) is 0 Å². The normalized spacial score (nSPS) is 9.80. The van der Waals surface area contributed by atoms with Gasteiger partial charge in [0, 0.05) is 25.1 Å². The molecule has 1 rings (SSSR count). The Morgan fingerprint density at radius 1 is 1.35 bits per heavy atom. The van der Waals surface area contributed by atoms with Crippen molar-refractivity contribution in [3.63, 3.8) is 0 Å². The Morgan fingerprint density at radius 3 is 2.70 bits per heavy atom. The third-order valence-electron chi connectivity index (χ3n) is 3.03. The van der Waals surface area contributed by atoms with Gasteiger partial charge in [-0.2, -0.15) is 0 Å². The van der Waals surface area contributed by atoms with E-state index in [1.54, 1.807) is 0 Å². The highest BCUT2D eigenvalue weighted by Crippen LogP contribution is 2.14. The van der Waals surface area contributed by atoms with Crippen molar-refractivity contribution in [2.75, 3.05) is 19.7 Å². The number of amides is 1. The molecule has 0 heterocycles. The predicted molar refractivity (Wildman–Crippen MR) is 81.6 cm³/mol. The number of rotatable bonds is 5. The van der Waals surface area contributed by atoms with Gasteiger partial charge in [-0.25, -0.2) is 0 Å². The van der Waals surface area contributed by atoms with Gasteiger partial charge in [0.1, 0.15) is 0 Å². The molecule has 0 aliphatic heterocycles. The quantitative estimate of drug-likeness (QED) is 0.838. The number of hydrogen-bond acceptors (Lipinski definition) is 2. The number of aliphatic hydroxyl groups is 1. The number of nitrogens with zero attached hydrogens (tertiary/aromatic N) is 1. The van der Waals surface area contributed by atoms with Gasteiger partial charge in [0.05, 0.1) is 12.2 Å². The molecule has 0 saturated carbocycles. The smallest absolute Gasteiger partial charge is 0.255 e. The van der Waals surface area contributed by atoms with Crippen molar-refractivity contribution < 1.29 is 9.90 Å². The third-order valence-corrected chi connectivity index (χ3v) is 3.03. The number of carbonyl (C=O) groups excluding carboxylic acids is 1. The fourth-order valence-electron chi connectivity index (χ4n) is 2.01. The number of aliphatic hydroxyl groups excluding tert-OH is 1. The lowest BCUT2D eigenvalue weighted by atomic mass is 10.0. The Labute approximate surface area is 121 Å². The third kappa shape index (κ3) is 4.40. The van der Waals surface area contributed by atoms with Crippen molar-refractivity contribution in [1.82, 2.24) is 4.90 Å². The van der Waals surface area contributed by atoms with Gasteiger partial charge in [0.15, 0.2) is 0 Å². The zero-order valence-electron chi connectivity index (χ0n) is 12.6. The predicted octanol–water partition coefficient (Wildman–Crippen LogP) is 2.60. The molecule has 0 bridgehead atoms. The van der Waals surface area contributed by atoms with E-state index in [2.05, 4.69) is 18.8 Å². The molecular weight excluding hydrogens is 250 g/mol. The molecule has 1 N–H and O–H groups in total. The minimum absolute atomic E-state index is 0.0302. The van der Waals surface area contributed by atoms with Crippen LogP contribution in [0.1, 0.15) is 48.2 Å². The highest BCUT2D eigenvalue weighted by molar-refractivity contribution is 5.96. The molecule has 0 aliphatic rings. The van der Waals surface area contributed by atoms with Gasteiger partial charge >= 0.3 is 0 Å². The molecule has 0 radical (unpaired) electrons. The Bertz CT molecular complexity index is 511. The molecule has 1 aromatic carbocycles. The summed E-state index contributed by atoms with van der Waals surface area (Å²) in [4.78, 5) is 14.4. The Hall–Kier alpha value is -1.79. The highest BCUT2D eigenvalue weighted by atomic mass is 16.2. The second kappa shape index (κ2) is 8.39. The summed E-state index contributed by atoms with van der Waals surface area (Å²) in [6.07, 6.45) is 1.37. The average Bonchev–Trinajstić information content (AvgIpc) is 2.44. The van der Waals surface area contributed by atoms with Gasteiger partial charge in [-0.15, -0.1) is 0 Å². The van der Waals surface area contributed by atoms with E-state index >= 15 is 0 Å². The fraction of sp³-hybridized carbons (Fsp3) is 0.471. The highest BCUT2D eigenvalue weighted by Gasteiger charge is 2.16. The zero-order valence-corrected chi connectivity index (χ0v) is 12.6. The molecule has 0 aliphatic carbocycles. The Kier molecular flexibility index (Phi) is 6.83. The molecule has 0 fully saturated rings. The van der Waals surface area contributed by atoms with Crippen LogP contribution in [0.3, 0.4) is 0 Å². The summed E-state index contributed by atoms with van der Waals surface area (Å²) in [5.41, 5.74) is 2.47. The Morgan fingerprint density at radius 2 is 2.10 bits per heavy atom. The molecule has 20 heavy (non-hydrogen) atoms. The molecule has 0 atom stereocenters. The zero-order chi connectivity index (χ0) is 15.0. The summed E-state index contributed by atoms with van der Waals surface area (Å²) in [5, 5.41) is 8.80. The second-order valence-electron chi connectivity index (χ2n) is 4.71. The summed E-state index contributed by atoms with van der Waals surface area (Å²) in [5.74, 6) is 5.92. The molecule has 0 aromatic heterocycles. The number of aryl methyl sites for hydroxylation is 1. The van der Waals surface area contributed by atoms with Gasteiger partial charge < -0.3 is 10.0 Å². The van der Waals surface area contributed by atoms with E-state index in [0.717, 1.165) is 24.1 Å². The van der Waals surface area contributed by atoms with Crippen LogP contribution in [-0.4, -0.2) is 35.6 Å². The minimum atomic E-state index is 0.0302. The number of benzene rings is 1. The first-order valence-corrected chi connectivity index (χ1v) is 7.13. The maximum Gasteiger partial charge on any atom is 0.255 e. The Balaban J connectivity index is 3.10. The minimum Gasteiger partial charge on any atom is -0.395 e. The van der Waals surface area contributed by atoms with E-state index in [1.807, 2.05) is 36.9 Å². The van der Waals surface area contributed by atoms with Crippen molar-refractivity contribution in [2.24, 2.45) is 0 Å². The van der Waals surface area contributed by atoms with Crippen molar-refractivity contribution >= 4 is 5.91 Å². The summed E-state index contributed by atoms with van der Waals surface area (Å²) < 4.78 is 0. The van der Waals surface area contributed by atoms with Gasteiger partial charge in [0.25, 0.3) is 5.91 Å². The van der Waals surface area contributed by atoms with Crippen LogP contribution in [0.15, 0.2) is 18.2 Å². The molecule has 0 spiro atoms. The summed E-state index contributed by atoms with van der Waals surface area (Å²) >= 11 is 0. The molecule has 0 saturated heterocycles. The second-order valence-corrected chi connectivity index (χ2v) is 4.71. The molecule has 0 unspecified atom stereocenters. The van der Waals surface area contributed by atoms with Crippen LogP contribution in [0.4, 0.5) is 0 Å². The maximum absolute atomic E-state index is 12.5. The molecule has 3 nitrogen and oxygen atoms in total. The summed E-state index contributed by atoms with van der Waals surface area (Å²) in [7, 11) is 0. The fourth-order valence-corrected chi connectivity index (χ4v) is 2.01. The molecular formula is C17H23NO2. The van der Waals surface area contributed by atoms with Gasteiger partial charge in [0.2, 0.25) is 0 Å². The van der Waals surface area contributed by atoms with Crippen molar-refractivity contribution in [1.29, 1.82) is 0 Å². The van der Waals surface area contributed by atoms with Gasteiger partial charge in [-0.3, -0.25) is 4.79 Å². The van der Waals surface area contributed by atoms with E-state index in [4.69, 9.17) is 5.11 Å². The maximum atomic E-state index is 12.5. The van der Waals surface area contributed by atoms with E-state index in [9.17, 15) is 4.79 Å². The van der Waals surface area contributed by atoms with Crippen LogP contribution in [0.5, 0.6) is 0 Å². The number of carbonyl (C=O) groups is 1. The van der Waals surface area contributed by atoms with E-state index in [-0.39, 0.29) is 12.5 Å². The van der Waals surface area contributed by atoms with Crippen LogP contribution in [0.2, 0.25) is 0 Å². The molecule has 108 valence electrons. The first-order chi connectivity index (χ1) is 9.63. The average molecular weight is 273 g/mol. The van der Waals surface area contributed by atoms with Gasteiger partial charge in [-0.1, -0.05) is 24.8 Å². The standard InChI is InChI=1S/C17H23NO2/c1-4-11-18(5-2)17(20)16-10-9-14(3)13-15(16)8-6-7-12-19/h9-10,13,19H,4-5,7,11-12H2,1-3H3. The van der Waals surface area contributed by atoms with E-state index in [0.29, 0.717) is 18.5 Å². The number of hydrogen-bond donors (Lipinski definition) is 1. The van der Waals surface area contributed by atoms with Crippen molar-refractivity contribution in [3.8, 4) is 11.8 Å². The lowest BCUT2D eigenvalue weighted by molar-refractivity contribution is 0.0764. The largest absolute Gasteiger partial charge is 0.395 e. The SMILES string of the molecule is CCCN(CC)C(=O)c1ccc(C)cc1C#CCCO. The monoisotopic (exact) mass is 273 g/mol. The van der Waals surface area contributed by atoms with E-state index < -0.39 is 0 Å². The topological polar surface area (TPSA) is 40.5 Å². The summed E-state index contributed by atoms with van der Waals surface area (Å²) in [6, 6.07) is 5.71. The van der Waals surface area contributed by atoms with Gasteiger partial charge in [-0.05, 0) is 38.0 Å². The first kappa shape index (κ1) is 16.3. The van der Waals surface area contributed by atoms with Crippen LogP contribution in [-0.2, 0) is 0 Å². The van der Waals surface area contributed by atoms with Crippen molar-refractivity contribution in [2.45, 2.75) is 33.6 Å². The summed E-state index contributed by atoms with van der Waals surface area (Å²) in [6.45, 7) is 7.52. The van der Waals surface area contributed by atoms with Crippen LogP contribution >= 0.6 is 0 Å². The lowest BCUT2D eigenvalue weighted by Crippen LogP contribution is -2.32.